The Balaban J connectivity index is 2.48. The minimum atomic E-state index is -1.08. The Hall–Kier alpha value is -2.08. The van der Waals surface area contributed by atoms with Gasteiger partial charge in [0.05, 0.1) is 6.61 Å². The molecule has 6 nitrogen and oxygen atoms in total. The molecule has 0 atom stereocenters. The second-order valence-corrected chi connectivity index (χ2v) is 3.44. The standard InChI is InChI=1S/C12H15NO5/c1-17-6-7-18-10-4-2-9(3-5-10)12(16)13-8-11(14)15/h2-5H,6-8H2,1H3,(H,13,16)(H,14,15). The van der Waals surface area contributed by atoms with Crippen molar-refractivity contribution in [3.8, 4) is 5.75 Å². The largest absolute Gasteiger partial charge is 0.491 e. The van der Waals surface area contributed by atoms with Crippen molar-refractivity contribution in [2.45, 2.75) is 0 Å². The topological polar surface area (TPSA) is 84.9 Å². The average Bonchev–Trinajstić information content (AvgIpc) is 2.37. The highest BCUT2D eigenvalue weighted by Crippen LogP contribution is 2.11. The van der Waals surface area contributed by atoms with Crippen LogP contribution < -0.4 is 10.1 Å². The SMILES string of the molecule is COCCOc1ccc(C(=O)NCC(=O)O)cc1. The van der Waals surface area contributed by atoms with Crippen LogP contribution in [0.1, 0.15) is 10.4 Å². The second-order valence-electron chi connectivity index (χ2n) is 3.44. The molecule has 0 saturated heterocycles. The molecule has 0 aliphatic heterocycles. The van der Waals surface area contributed by atoms with Gasteiger partial charge in [-0.2, -0.15) is 0 Å². The van der Waals surface area contributed by atoms with E-state index in [1.54, 1.807) is 31.4 Å². The summed E-state index contributed by atoms with van der Waals surface area (Å²) in [6.07, 6.45) is 0. The first-order chi connectivity index (χ1) is 8.63. The summed E-state index contributed by atoms with van der Waals surface area (Å²) in [6, 6.07) is 6.43. The number of aliphatic carboxylic acids is 1. The highest BCUT2D eigenvalue weighted by atomic mass is 16.5. The third kappa shape index (κ3) is 4.84. The Labute approximate surface area is 105 Å². The molecule has 2 N–H and O–H groups in total. The monoisotopic (exact) mass is 253 g/mol. The van der Waals surface area contributed by atoms with E-state index in [9.17, 15) is 9.59 Å². The lowest BCUT2D eigenvalue weighted by Gasteiger charge is -2.06. The molecule has 0 aromatic heterocycles. The van der Waals surface area contributed by atoms with Crippen molar-refractivity contribution < 1.29 is 24.2 Å². The number of carboxylic acid groups (broad SMARTS) is 1. The predicted octanol–water partition coefficient (Wildman–Crippen LogP) is 0.526. The molecule has 1 amide bonds. The van der Waals surface area contributed by atoms with Gasteiger partial charge in [0.2, 0.25) is 0 Å². The van der Waals surface area contributed by atoms with Crippen molar-refractivity contribution in [1.82, 2.24) is 5.32 Å². The molecular formula is C12H15NO5. The lowest BCUT2D eigenvalue weighted by molar-refractivity contribution is -0.135. The molecule has 0 spiro atoms. The summed E-state index contributed by atoms with van der Waals surface area (Å²) in [5.41, 5.74) is 0.385. The molecule has 1 aromatic rings. The summed E-state index contributed by atoms with van der Waals surface area (Å²) in [4.78, 5) is 21.8. The van der Waals surface area contributed by atoms with Crippen LogP contribution in [0.4, 0.5) is 0 Å². The number of carbonyl (C=O) groups is 2. The third-order valence-electron chi connectivity index (χ3n) is 2.07. The first-order valence-electron chi connectivity index (χ1n) is 5.35. The first-order valence-corrected chi connectivity index (χ1v) is 5.35. The van der Waals surface area contributed by atoms with E-state index in [2.05, 4.69) is 5.32 Å². The van der Waals surface area contributed by atoms with Crippen LogP contribution >= 0.6 is 0 Å². The number of amides is 1. The minimum absolute atomic E-state index is 0.385. The van der Waals surface area contributed by atoms with Crippen LogP contribution in [0.3, 0.4) is 0 Å². The van der Waals surface area contributed by atoms with E-state index in [1.807, 2.05) is 0 Å². The molecule has 0 aliphatic carbocycles. The smallest absolute Gasteiger partial charge is 0.322 e. The summed E-state index contributed by atoms with van der Waals surface area (Å²) in [5.74, 6) is -0.884. The van der Waals surface area contributed by atoms with Crippen molar-refractivity contribution in [2.75, 3.05) is 26.9 Å². The van der Waals surface area contributed by atoms with Crippen LogP contribution in [0, 0.1) is 0 Å². The Kier molecular flexibility index (Phi) is 5.66. The minimum Gasteiger partial charge on any atom is -0.491 e. The van der Waals surface area contributed by atoms with Crippen LogP contribution in [-0.2, 0) is 9.53 Å². The molecule has 1 aromatic carbocycles. The van der Waals surface area contributed by atoms with Crippen molar-refractivity contribution >= 4 is 11.9 Å². The Morgan fingerprint density at radius 1 is 1.22 bits per heavy atom. The maximum atomic E-state index is 11.5. The zero-order valence-corrected chi connectivity index (χ0v) is 10.0. The second kappa shape index (κ2) is 7.29. The molecule has 0 aliphatic rings. The third-order valence-corrected chi connectivity index (χ3v) is 2.07. The molecule has 1 rings (SSSR count). The fourth-order valence-electron chi connectivity index (χ4n) is 1.20. The fraction of sp³-hybridized carbons (Fsp3) is 0.333. The number of methoxy groups -OCH3 is 1. The molecule has 0 radical (unpaired) electrons. The van der Waals surface area contributed by atoms with Crippen molar-refractivity contribution in [3.63, 3.8) is 0 Å². The number of benzene rings is 1. The molecule has 0 bridgehead atoms. The normalized spacial score (nSPS) is 9.83. The lowest BCUT2D eigenvalue weighted by atomic mass is 10.2. The predicted molar refractivity (Wildman–Crippen MR) is 63.8 cm³/mol. The molecule has 0 heterocycles. The number of carbonyl (C=O) groups excluding carboxylic acids is 1. The summed E-state index contributed by atoms with van der Waals surface area (Å²) < 4.78 is 10.2. The van der Waals surface area contributed by atoms with E-state index in [4.69, 9.17) is 14.6 Å². The van der Waals surface area contributed by atoms with E-state index in [1.165, 1.54) is 0 Å². The summed E-state index contributed by atoms with van der Waals surface area (Å²) in [5, 5.41) is 10.7. The van der Waals surface area contributed by atoms with Gasteiger partial charge < -0.3 is 19.9 Å². The van der Waals surface area contributed by atoms with Crippen molar-refractivity contribution in [3.05, 3.63) is 29.8 Å². The molecular weight excluding hydrogens is 238 g/mol. The van der Waals surface area contributed by atoms with Crippen LogP contribution in [-0.4, -0.2) is 43.9 Å². The van der Waals surface area contributed by atoms with E-state index in [0.29, 0.717) is 24.5 Å². The molecule has 0 saturated carbocycles. The van der Waals surface area contributed by atoms with E-state index in [-0.39, 0.29) is 0 Å². The van der Waals surface area contributed by atoms with Crippen molar-refractivity contribution in [2.24, 2.45) is 0 Å². The average molecular weight is 253 g/mol. The highest BCUT2D eigenvalue weighted by Gasteiger charge is 2.06. The highest BCUT2D eigenvalue weighted by molar-refractivity contribution is 5.95. The van der Waals surface area contributed by atoms with Gasteiger partial charge >= 0.3 is 5.97 Å². The zero-order chi connectivity index (χ0) is 13.4. The quantitative estimate of drug-likeness (QED) is 0.692. The number of rotatable bonds is 7. The van der Waals surface area contributed by atoms with E-state index in [0.717, 1.165) is 0 Å². The van der Waals surface area contributed by atoms with Gasteiger partial charge in [0.25, 0.3) is 5.91 Å². The molecule has 6 heteroatoms. The summed E-state index contributed by atoms with van der Waals surface area (Å²) in [6.45, 7) is 0.521. The Bertz CT molecular complexity index is 401. The molecule has 18 heavy (non-hydrogen) atoms. The van der Waals surface area contributed by atoms with Crippen LogP contribution in [0.5, 0.6) is 5.75 Å². The van der Waals surface area contributed by atoms with Gasteiger partial charge in [-0.25, -0.2) is 0 Å². The van der Waals surface area contributed by atoms with E-state index < -0.39 is 18.4 Å². The zero-order valence-electron chi connectivity index (χ0n) is 10.0. The maximum Gasteiger partial charge on any atom is 0.322 e. The number of hydrogen-bond acceptors (Lipinski definition) is 4. The van der Waals surface area contributed by atoms with Crippen LogP contribution in [0.25, 0.3) is 0 Å². The molecule has 0 unspecified atom stereocenters. The van der Waals surface area contributed by atoms with Gasteiger partial charge in [-0.05, 0) is 24.3 Å². The van der Waals surface area contributed by atoms with Crippen LogP contribution in [0.2, 0.25) is 0 Å². The fourth-order valence-corrected chi connectivity index (χ4v) is 1.20. The van der Waals surface area contributed by atoms with E-state index >= 15 is 0 Å². The van der Waals surface area contributed by atoms with Gasteiger partial charge in [0.15, 0.2) is 0 Å². The number of hydrogen-bond donors (Lipinski definition) is 2. The van der Waals surface area contributed by atoms with Gasteiger partial charge in [0.1, 0.15) is 18.9 Å². The first kappa shape index (κ1) is 14.0. The number of carboxylic acids is 1. The van der Waals surface area contributed by atoms with Gasteiger partial charge in [0, 0.05) is 12.7 Å². The number of nitrogens with one attached hydrogen (secondary N) is 1. The Morgan fingerprint density at radius 3 is 2.44 bits per heavy atom. The summed E-state index contributed by atoms with van der Waals surface area (Å²) >= 11 is 0. The molecule has 0 fully saturated rings. The van der Waals surface area contributed by atoms with Gasteiger partial charge in [-0.1, -0.05) is 0 Å². The lowest BCUT2D eigenvalue weighted by Crippen LogP contribution is -2.29. The Morgan fingerprint density at radius 2 is 1.89 bits per heavy atom. The van der Waals surface area contributed by atoms with Crippen molar-refractivity contribution in [1.29, 1.82) is 0 Å². The molecule has 98 valence electrons. The number of ether oxygens (including phenoxy) is 2. The summed E-state index contributed by atoms with van der Waals surface area (Å²) in [7, 11) is 1.58. The van der Waals surface area contributed by atoms with Crippen LogP contribution in [0.15, 0.2) is 24.3 Å². The van der Waals surface area contributed by atoms with Gasteiger partial charge in [-0.3, -0.25) is 9.59 Å². The maximum absolute atomic E-state index is 11.5. The van der Waals surface area contributed by atoms with Gasteiger partial charge in [-0.15, -0.1) is 0 Å².